The monoisotopic (exact) mass is 240 g/mol. The molecule has 0 saturated carbocycles. The average molecular weight is 241 g/mol. The highest BCUT2D eigenvalue weighted by Crippen LogP contribution is 2.41. The van der Waals surface area contributed by atoms with Gasteiger partial charge in [-0.25, -0.2) is 4.39 Å². The fraction of sp³-hybridized carbons (Fsp3) is 0.333. The van der Waals surface area contributed by atoms with E-state index in [0.29, 0.717) is 0 Å². The Hall–Kier alpha value is -0.540. The Kier molecular flexibility index (Phi) is 3.22. The number of phenolic OH excluding ortho intramolecular Hbond substituents is 1. The van der Waals surface area contributed by atoms with Crippen LogP contribution in [0.5, 0.6) is 5.75 Å². The van der Waals surface area contributed by atoms with Crippen LogP contribution in [-0.4, -0.2) is 5.11 Å². The molecular weight excluding hydrogens is 233 g/mol. The van der Waals surface area contributed by atoms with E-state index in [4.69, 9.17) is 28.3 Å². The number of rotatable bonds is 1. The van der Waals surface area contributed by atoms with Crippen LogP contribution in [0.1, 0.15) is 25.3 Å². The van der Waals surface area contributed by atoms with Crippen LogP contribution in [0.2, 0.25) is 10.0 Å². The van der Waals surface area contributed by atoms with Crippen molar-refractivity contribution in [3.05, 3.63) is 27.2 Å². The lowest BCUT2D eigenvalue weighted by molar-refractivity contribution is 0.405. The molecular formula is C9H8Cl2F2O. The fourth-order valence-electron chi connectivity index (χ4n) is 1.15. The molecule has 0 saturated heterocycles. The molecule has 1 aromatic rings. The maximum absolute atomic E-state index is 13.1. The molecule has 0 amide bonds. The first-order valence-corrected chi connectivity index (χ1v) is 4.68. The maximum Gasteiger partial charge on any atom is 0.203 e. The standard InChI is InChI=1S/C9H8Cl2F2O/c1-3(2)4-5(10)7(12)8(13)9(14)6(4)11/h3,14H,1-2H3. The molecule has 0 unspecified atom stereocenters. The summed E-state index contributed by atoms with van der Waals surface area (Å²) in [4.78, 5) is 0. The van der Waals surface area contributed by atoms with Crippen molar-refractivity contribution in [2.45, 2.75) is 19.8 Å². The fourth-order valence-corrected chi connectivity index (χ4v) is 1.99. The van der Waals surface area contributed by atoms with E-state index in [1.807, 2.05) is 0 Å². The lowest BCUT2D eigenvalue weighted by atomic mass is 10.0. The van der Waals surface area contributed by atoms with E-state index < -0.39 is 17.4 Å². The minimum Gasteiger partial charge on any atom is -0.504 e. The Balaban J connectivity index is 3.60. The summed E-state index contributed by atoms with van der Waals surface area (Å²) >= 11 is 11.2. The van der Waals surface area contributed by atoms with Crippen molar-refractivity contribution in [2.24, 2.45) is 0 Å². The number of halogens is 4. The van der Waals surface area contributed by atoms with Gasteiger partial charge in [-0.05, 0) is 11.5 Å². The summed E-state index contributed by atoms with van der Waals surface area (Å²) in [6.07, 6.45) is 0. The first kappa shape index (κ1) is 11.5. The number of hydrogen-bond acceptors (Lipinski definition) is 1. The first-order chi connectivity index (χ1) is 6.37. The van der Waals surface area contributed by atoms with Gasteiger partial charge >= 0.3 is 0 Å². The molecule has 1 nitrogen and oxygen atoms in total. The first-order valence-electron chi connectivity index (χ1n) is 3.92. The molecule has 14 heavy (non-hydrogen) atoms. The van der Waals surface area contributed by atoms with E-state index in [0.717, 1.165) is 0 Å². The molecule has 1 rings (SSSR count). The van der Waals surface area contributed by atoms with E-state index in [-0.39, 0.29) is 21.5 Å². The summed E-state index contributed by atoms with van der Waals surface area (Å²) in [6, 6.07) is 0. The van der Waals surface area contributed by atoms with Gasteiger partial charge < -0.3 is 5.11 Å². The minimum atomic E-state index is -1.41. The minimum absolute atomic E-state index is 0.198. The van der Waals surface area contributed by atoms with Crippen molar-refractivity contribution < 1.29 is 13.9 Å². The molecule has 0 heterocycles. The number of benzene rings is 1. The maximum atomic E-state index is 13.1. The second-order valence-corrected chi connectivity index (χ2v) is 3.93. The summed E-state index contributed by atoms with van der Waals surface area (Å²) < 4.78 is 26.0. The third-order valence-corrected chi connectivity index (χ3v) is 2.60. The lowest BCUT2D eigenvalue weighted by Gasteiger charge is -2.13. The molecule has 1 N–H and O–H groups in total. The van der Waals surface area contributed by atoms with Crippen molar-refractivity contribution in [3.63, 3.8) is 0 Å². The molecule has 0 atom stereocenters. The van der Waals surface area contributed by atoms with E-state index >= 15 is 0 Å². The van der Waals surface area contributed by atoms with E-state index in [9.17, 15) is 8.78 Å². The molecule has 1 aromatic carbocycles. The zero-order valence-electron chi connectivity index (χ0n) is 7.54. The molecule has 5 heteroatoms. The molecule has 0 radical (unpaired) electrons. The van der Waals surface area contributed by atoms with Crippen LogP contribution in [0, 0.1) is 11.6 Å². The van der Waals surface area contributed by atoms with Crippen molar-refractivity contribution in [1.82, 2.24) is 0 Å². The topological polar surface area (TPSA) is 20.2 Å². The highest BCUT2D eigenvalue weighted by atomic mass is 35.5. The van der Waals surface area contributed by atoms with Gasteiger partial charge in [0.25, 0.3) is 0 Å². The van der Waals surface area contributed by atoms with Gasteiger partial charge in [0.2, 0.25) is 5.82 Å². The molecule has 0 aliphatic rings. The van der Waals surface area contributed by atoms with Crippen molar-refractivity contribution in [2.75, 3.05) is 0 Å². The second-order valence-electron chi connectivity index (χ2n) is 3.17. The molecule has 0 aromatic heterocycles. The summed E-state index contributed by atoms with van der Waals surface area (Å²) in [5.41, 5.74) is 0.213. The van der Waals surface area contributed by atoms with Crippen LogP contribution in [0.25, 0.3) is 0 Å². The smallest absolute Gasteiger partial charge is 0.203 e. The molecule has 0 aliphatic heterocycles. The van der Waals surface area contributed by atoms with Crippen molar-refractivity contribution in [3.8, 4) is 5.75 Å². The van der Waals surface area contributed by atoms with Gasteiger partial charge in [0, 0.05) is 0 Å². The average Bonchev–Trinajstić information content (AvgIpc) is 2.11. The van der Waals surface area contributed by atoms with Gasteiger partial charge in [-0.15, -0.1) is 0 Å². The van der Waals surface area contributed by atoms with E-state index in [1.165, 1.54) is 0 Å². The van der Waals surface area contributed by atoms with Gasteiger partial charge in [0.05, 0.1) is 10.0 Å². The zero-order valence-corrected chi connectivity index (χ0v) is 9.05. The molecule has 0 spiro atoms. The van der Waals surface area contributed by atoms with Crippen molar-refractivity contribution >= 4 is 23.2 Å². The Bertz CT molecular complexity index is 349. The molecule has 78 valence electrons. The third-order valence-electron chi connectivity index (χ3n) is 1.85. The lowest BCUT2D eigenvalue weighted by Crippen LogP contribution is -1.97. The van der Waals surface area contributed by atoms with E-state index in [1.54, 1.807) is 13.8 Å². The van der Waals surface area contributed by atoms with Gasteiger partial charge in [-0.3, -0.25) is 0 Å². The quantitative estimate of drug-likeness (QED) is 0.579. The van der Waals surface area contributed by atoms with Crippen LogP contribution >= 0.6 is 23.2 Å². The van der Waals surface area contributed by atoms with Crippen LogP contribution in [0.3, 0.4) is 0 Å². The van der Waals surface area contributed by atoms with Crippen LogP contribution in [0.15, 0.2) is 0 Å². The van der Waals surface area contributed by atoms with Gasteiger partial charge in [0.15, 0.2) is 11.6 Å². The number of aromatic hydroxyl groups is 1. The van der Waals surface area contributed by atoms with Gasteiger partial charge in [0.1, 0.15) is 0 Å². The SMILES string of the molecule is CC(C)c1c(Cl)c(O)c(F)c(F)c1Cl. The largest absolute Gasteiger partial charge is 0.504 e. The summed E-state index contributed by atoms with van der Waals surface area (Å²) in [5, 5.41) is 8.53. The Morgan fingerprint density at radius 1 is 1.07 bits per heavy atom. The zero-order chi connectivity index (χ0) is 11.0. The van der Waals surface area contributed by atoms with Crippen LogP contribution in [0.4, 0.5) is 8.78 Å². The molecule has 0 aliphatic carbocycles. The molecule has 0 bridgehead atoms. The summed E-state index contributed by atoms with van der Waals surface area (Å²) in [6.45, 7) is 3.42. The third kappa shape index (κ3) is 1.66. The number of phenols is 1. The van der Waals surface area contributed by atoms with Gasteiger partial charge in [-0.2, -0.15) is 4.39 Å². The van der Waals surface area contributed by atoms with Crippen LogP contribution < -0.4 is 0 Å². The predicted molar refractivity (Wildman–Crippen MR) is 52.1 cm³/mol. The highest BCUT2D eigenvalue weighted by Gasteiger charge is 2.23. The highest BCUT2D eigenvalue weighted by molar-refractivity contribution is 6.37. The van der Waals surface area contributed by atoms with Gasteiger partial charge in [-0.1, -0.05) is 37.0 Å². The summed E-state index contributed by atoms with van der Waals surface area (Å²) in [5.74, 6) is -3.77. The normalized spacial score (nSPS) is 11.1. The Labute approximate surface area is 90.3 Å². The number of hydrogen-bond donors (Lipinski definition) is 1. The van der Waals surface area contributed by atoms with E-state index in [2.05, 4.69) is 0 Å². The summed E-state index contributed by atoms with van der Waals surface area (Å²) in [7, 11) is 0. The van der Waals surface area contributed by atoms with Crippen LogP contribution in [-0.2, 0) is 0 Å². The van der Waals surface area contributed by atoms with Crippen molar-refractivity contribution in [1.29, 1.82) is 0 Å². The Morgan fingerprint density at radius 2 is 1.57 bits per heavy atom. The molecule has 0 fully saturated rings. The predicted octanol–water partition coefficient (Wildman–Crippen LogP) is 4.10. The second kappa shape index (κ2) is 3.91. The Morgan fingerprint density at radius 3 is 2.00 bits per heavy atom.